The van der Waals surface area contributed by atoms with Crippen molar-refractivity contribution in [2.24, 2.45) is 5.92 Å². The molecular weight excluding hydrogens is 255 g/mol. The lowest BCUT2D eigenvalue weighted by molar-refractivity contribution is 0.199. The Morgan fingerprint density at radius 2 is 1.95 bits per heavy atom. The molecule has 3 nitrogen and oxygen atoms in total. The van der Waals surface area contributed by atoms with Crippen molar-refractivity contribution in [1.82, 2.24) is 4.90 Å². The maximum absolute atomic E-state index is 14.1. The molecule has 0 amide bonds. The van der Waals surface area contributed by atoms with E-state index in [1.807, 2.05) is 6.07 Å². The Bertz CT molecular complexity index is 466. The van der Waals surface area contributed by atoms with Crippen LogP contribution in [0.4, 0.5) is 10.1 Å². The molecule has 2 fully saturated rings. The lowest BCUT2D eigenvalue weighted by Gasteiger charge is -2.36. The van der Waals surface area contributed by atoms with Gasteiger partial charge in [0.2, 0.25) is 0 Å². The van der Waals surface area contributed by atoms with Crippen LogP contribution in [0, 0.1) is 11.7 Å². The molecule has 0 unspecified atom stereocenters. The molecule has 3 rings (SSSR count). The minimum Gasteiger partial charge on any atom is -0.389 e. The molecule has 110 valence electrons. The van der Waals surface area contributed by atoms with Gasteiger partial charge in [-0.2, -0.15) is 0 Å². The van der Waals surface area contributed by atoms with Crippen molar-refractivity contribution in [3.05, 3.63) is 29.6 Å². The fourth-order valence-electron chi connectivity index (χ4n) is 2.88. The average Bonchev–Trinajstić information content (AvgIpc) is 3.24. The molecule has 0 aromatic heterocycles. The number of aliphatic hydroxyl groups is 1. The number of nitrogens with zero attached hydrogens (tertiary/aromatic N) is 2. The predicted octanol–water partition coefficient (Wildman–Crippen LogP) is 2.41. The molecule has 0 radical (unpaired) electrons. The zero-order valence-corrected chi connectivity index (χ0v) is 12.1. The average molecular weight is 278 g/mol. The Hall–Kier alpha value is -1.13. The molecule has 0 bridgehead atoms. The van der Waals surface area contributed by atoms with Crippen LogP contribution in [-0.4, -0.2) is 42.7 Å². The third kappa shape index (κ3) is 3.13. The maximum atomic E-state index is 14.1. The van der Waals surface area contributed by atoms with E-state index in [1.54, 1.807) is 13.0 Å². The number of anilines is 1. The third-order valence-corrected chi connectivity index (χ3v) is 4.38. The summed E-state index contributed by atoms with van der Waals surface area (Å²) in [7, 11) is 0. The largest absolute Gasteiger partial charge is 0.389 e. The summed E-state index contributed by atoms with van der Waals surface area (Å²) in [6.07, 6.45) is 2.15. The number of rotatable bonds is 4. The van der Waals surface area contributed by atoms with Crippen LogP contribution in [0.1, 0.15) is 31.4 Å². The zero-order chi connectivity index (χ0) is 14.1. The topological polar surface area (TPSA) is 26.7 Å². The summed E-state index contributed by atoms with van der Waals surface area (Å²) in [5, 5.41) is 9.49. The molecule has 1 heterocycles. The Morgan fingerprint density at radius 3 is 2.50 bits per heavy atom. The summed E-state index contributed by atoms with van der Waals surface area (Å²) < 4.78 is 14.1. The number of piperazine rings is 1. The minimum absolute atomic E-state index is 0.223. The Labute approximate surface area is 120 Å². The van der Waals surface area contributed by atoms with Crippen LogP contribution in [-0.2, 0) is 0 Å². The molecule has 1 aromatic carbocycles. The van der Waals surface area contributed by atoms with Crippen LogP contribution in [0.25, 0.3) is 0 Å². The normalized spacial score (nSPS) is 22.1. The highest BCUT2D eigenvalue weighted by Crippen LogP contribution is 2.30. The van der Waals surface area contributed by atoms with Crippen molar-refractivity contribution in [1.29, 1.82) is 0 Å². The number of halogens is 1. The molecule has 1 saturated heterocycles. The third-order valence-electron chi connectivity index (χ3n) is 4.38. The van der Waals surface area contributed by atoms with E-state index >= 15 is 0 Å². The molecule has 0 spiro atoms. The molecule has 20 heavy (non-hydrogen) atoms. The van der Waals surface area contributed by atoms with E-state index in [0.29, 0.717) is 11.3 Å². The highest BCUT2D eigenvalue weighted by atomic mass is 19.1. The van der Waals surface area contributed by atoms with Gasteiger partial charge in [0, 0.05) is 32.7 Å². The maximum Gasteiger partial charge on any atom is 0.146 e. The van der Waals surface area contributed by atoms with Gasteiger partial charge in [-0.3, -0.25) is 4.90 Å². The van der Waals surface area contributed by atoms with E-state index in [1.165, 1.54) is 25.5 Å². The SMILES string of the molecule is C[C@@H](O)c1ccc(N2CCN(CC3CC3)CC2)c(F)c1. The second-order valence-corrected chi connectivity index (χ2v) is 6.12. The van der Waals surface area contributed by atoms with E-state index in [9.17, 15) is 9.50 Å². The van der Waals surface area contributed by atoms with Crippen LogP contribution in [0.3, 0.4) is 0 Å². The molecule has 1 aromatic rings. The van der Waals surface area contributed by atoms with Crippen molar-refractivity contribution >= 4 is 5.69 Å². The molecule has 1 atom stereocenters. The highest BCUT2D eigenvalue weighted by Gasteiger charge is 2.27. The minimum atomic E-state index is -0.617. The quantitative estimate of drug-likeness (QED) is 0.916. The van der Waals surface area contributed by atoms with Gasteiger partial charge in [0.05, 0.1) is 11.8 Å². The first-order chi connectivity index (χ1) is 9.63. The second kappa shape index (κ2) is 5.70. The first-order valence-electron chi connectivity index (χ1n) is 7.58. The fraction of sp³-hybridized carbons (Fsp3) is 0.625. The highest BCUT2D eigenvalue weighted by molar-refractivity contribution is 5.50. The van der Waals surface area contributed by atoms with Crippen LogP contribution in [0.2, 0.25) is 0 Å². The van der Waals surface area contributed by atoms with Gasteiger partial charge in [0.15, 0.2) is 0 Å². The van der Waals surface area contributed by atoms with E-state index in [4.69, 9.17) is 0 Å². The van der Waals surface area contributed by atoms with Gasteiger partial charge >= 0.3 is 0 Å². The molecule has 2 aliphatic rings. The van der Waals surface area contributed by atoms with E-state index in [2.05, 4.69) is 9.80 Å². The summed E-state index contributed by atoms with van der Waals surface area (Å²) >= 11 is 0. The summed E-state index contributed by atoms with van der Waals surface area (Å²) in [5.41, 5.74) is 1.30. The molecular formula is C16H23FN2O. The number of benzene rings is 1. The van der Waals surface area contributed by atoms with Gasteiger partial charge in [-0.15, -0.1) is 0 Å². The van der Waals surface area contributed by atoms with Gasteiger partial charge < -0.3 is 10.0 Å². The van der Waals surface area contributed by atoms with Crippen LogP contribution in [0.5, 0.6) is 0 Å². The summed E-state index contributed by atoms with van der Waals surface area (Å²) in [6, 6.07) is 5.07. The van der Waals surface area contributed by atoms with Gasteiger partial charge in [-0.05, 0) is 43.4 Å². The summed E-state index contributed by atoms with van der Waals surface area (Å²) in [5.74, 6) is 0.697. The molecule has 4 heteroatoms. The molecule has 1 aliphatic heterocycles. The predicted molar refractivity (Wildman–Crippen MR) is 78.4 cm³/mol. The first-order valence-corrected chi connectivity index (χ1v) is 7.58. The second-order valence-electron chi connectivity index (χ2n) is 6.12. The van der Waals surface area contributed by atoms with Gasteiger partial charge in [-0.25, -0.2) is 4.39 Å². The number of aliphatic hydroxyl groups excluding tert-OH is 1. The monoisotopic (exact) mass is 278 g/mol. The van der Waals surface area contributed by atoms with E-state index < -0.39 is 6.10 Å². The lowest BCUT2D eigenvalue weighted by Crippen LogP contribution is -2.47. The van der Waals surface area contributed by atoms with Crippen LogP contribution in [0.15, 0.2) is 18.2 Å². The van der Waals surface area contributed by atoms with Crippen LogP contribution >= 0.6 is 0 Å². The van der Waals surface area contributed by atoms with Crippen molar-refractivity contribution < 1.29 is 9.50 Å². The summed E-state index contributed by atoms with van der Waals surface area (Å²) in [4.78, 5) is 4.61. The summed E-state index contributed by atoms with van der Waals surface area (Å²) in [6.45, 7) is 6.69. The van der Waals surface area contributed by atoms with E-state index in [-0.39, 0.29) is 5.82 Å². The Kier molecular flexibility index (Phi) is 3.94. The standard InChI is InChI=1S/C16H23FN2O/c1-12(20)14-4-5-16(15(17)10-14)19-8-6-18(7-9-19)11-13-2-3-13/h4-5,10,12-13,20H,2-3,6-9,11H2,1H3/t12-/m1/s1. The van der Waals surface area contributed by atoms with Crippen molar-refractivity contribution in [3.8, 4) is 0 Å². The van der Waals surface area contributed by atoms with Crippen molar-refractivity contribution in [3.63, 3.8) is 0 Å². The zero-order valence-electron chi connectivity index (χ0n) is 12.1. The van der Waals surface area contributed by atoms with Crippen LogP contribution < -0.4 is 4.90 Å². The number of hydrogen-bond donors (Lipinski definition) is 1. The van der Waals surface area contributed by atoms with Gasteiger partial charge in [0.25, 0.3) is 0 Å². The van der Waals surface area contributed by atoms with Crippen molar-refractivity contribution in [2.75, 3.05) is 37.6 Å². The molecule has 1 N–H and O–H groups in total. The lowest BCUT2D eigenvalue weighted by atomic mass is 10.1. The fourth-order valence-corrected chi connectivity index (χ4v) is 2.88. The van der Waals surface area contributed by atoms with Crippen molar-refractivity contribution in [2.45, 2.75) is 25.9 Å². The molecule has 1 aliphatic carbocycles. The smallest absolute Gasteiger partial charge is 0.146 e. The van der Waals surface area contributed by atoms with E-state index in [0.717, 1.165) is 32.1 Å². The van der Waals surface area contributed by atoms with Gasteiger partial charge in [0.1, 0.15) is 5.82 Å². The Morgan fingerprint density at radius 1 is 1.25 bits per heavy atom. The molecule has 1 saturated carbocycles. The first kappa shape index (κ1) is 13.8. The van der Waals surface area contributed by atoms with Gasteiger partial charge in [-0.1, -0.05) is 6.07 Å². The number of hydrogen-bond acceptors (Lipinski definition) is 3. The Balaban J connectivity index is 1.62.